The molecule has 1 amide bonds. The summed E-state index contributed by atoms with van der Waals surface area (Å²) in [5, 5.41) is 3.50. The summed E-state index contributed by atoms with van der Waals surface area (Å²) in [6, 6.07) is 5.83. The van der Waals surface area contributed by atoms with Crippen molar-refractivity contribution >= 4 is 16.9 Å². The lowest BCUT2D eigenvalue weighted by molar-refractivity contribution is 0.0963. The summed E-state index contributed by atoms with van der Waals surface area (Å²) in [4.78, 5) is 11.6. The molecule has 3 heteroatoms. The molecule has 2 aromatic rings. The average molecular weight is 233 g/mol. The van der Waals surface area contributed by atoms with E-state index in [1.807, 2.05) is 39.0 Å². The number of carbonyl (C=O) groups excluding carboxylic acids is 1. The second-order valence-corrected chi connectivity index (χ2v) is 3.61. The van der Waals surface area contributed by atoms with Crippen LogP contribution in [0.3, 0.4) is 0 Å². The number of fused-ring (bicyclic) bond motifs is 1. The SMILES string of the molecule is CC.CNC(=O)c1c(C)oc2ccc(C)cc12. The topological polar surface area (TPSA) is 42.2 Å². The summed E-state index contributed by atoms with van der Waals surface area (Å²) < 4.78 is 5.52. The van der Waals surface area contributed by atoms with Gasteiger partial charge in [-0.15, -0.1) is 0 Å². The van der Waals surface area contributed by atoms with Crippen molar-refractivity contribution < 1.29 is 9.21 Å². The van der Waals surface area contributed by atoms with Crippen molar-refractivity contribution in [1.82, 2.24) is 5.32 Å². The Morgan fingerprint density at radius 2 is 1.88 bits per heavy atom. The number of aryl methyl sites for hydroxylation is 2. The van der Waals surface area contributed by atoms with Gasteiger partial charge in [-0.2, -0.15) is 0 Å². The third-order valence-electron chi connectivity index (χ3n) is 2.47. The van der Waals surface area contributed by atoms with E-state index in [9.17, 15) is 4.79 Å². The fourth-order valence-electron chi connectivity index (χ4n) is 1.74. The van der Waals surface area contributed by atoms with Crippen LogP contribution in [0.1, 0.15) is 35.5 Å². The molecule has 0 aliphatic carbocycles. The molecular formula is C14H19NO2. The maximum atomic E-state index is 11.6. The van der Waals surface area contributed by atoms with E-state index < -0.39 is 0 Å². The Morgan fingerprint density at radius 1 is 1.24 bits per heavy atom. The van der Waals surface area contributed by atoms with Gasteiger partial charge in [0.1, 0.15) is 11.3 Å². The van der Waals surface area contributed by atoms with Crippen molar-refractivity contribution in [3.8, 4) is 0 Å². The van der Waals surface area contributed by atoms with Crippen LogP contribution in [-0.2, 0) is 0 Å². The van der Waals surface area contributed by atoms with Gasteiger partial charge in [-0.3, -0.25) is 4.79 Å². The minimum atomic E-state index is -0.100. The van der Waals surface area contributed by atoms with Crippen LogP contribution < -0.4 is 5.32 Å². The van der Waals surface area contributed by atoms with Crippen molar-refractivity contribution in [2.75, 3.05) is 7.05 Å². The van der Waals surface area contributed by atoms with Gasteiger partial charge in [0.15, 0.2) is 0 Å². The zero-order chi connectivity index (χ0) is 13.0. The number of hydrogen-bond acceptors (Lipinski definition) is 2. The van der Waals surface area contributed by atoms with Crippen molar-refractivity contribution in [1.29, 1.82) is 0 Å². The second-order valence-electron chi connectivity index (χ2n) is 3.61. The number of hydrogen-bond donors (Lipinski definition) is 1. The molecular weight excluding hydrogens is 214 g/mol. The van der Waals surface area contributed by atoms with Crippen LogP contribution in [0, 0.1) is 13.8 Å². The molecule has 0 aliphatic rings. The Labute approximate surface area is 102 Å². The van der Waals surface area contributed by atoms with E-state index in [1.165, 1.54) is 0 Å². The average Bonchev–Trinajstić information content (AvgIpc) is 2.66. The molecule has 0 aliphatic heterocycles. The molecule has 0 spiro atoms. The van der Waals surface area contributed by atoms with Gasteiger partial charge in [-0.05, 0) is 26.0 Å². The molecule has 92 valence electrons. The van der Waals surface area contributed by atoms with E-state index in [-0.39, 0.29) is 5.91 Å². The van der Waals surface area contributed by atoms with Crippen molar-refractivity contribution in [2.24, 2.45) is 0 Å². The van der Waals surface area contributed by atoms with Gasteiger partial charge < -0.3 is 9.73 Å². The van der Waals surface area contributed by atoms with E-state index in [0.717, 1.165) is 16.5 Å². The molecule has 0 saturated carbocycles. The third-order valence-corrected chi connectivity index (χ3v) is 2.47. The zero-order valence-corrected chi connectivity index (χ0v) is 11.0. The van der Waals surface area contributed by atoms with Crippen molar-refractivity contribution in [3.63, 3.8) is 0 Å². The molecule has 0 fully saturated rings. The standard InChI is InChI=1S/C12H13NO2.C2H6/c1-7-4-5-10-9(6-7)11(8(2)15-10)12(14)13-3;1-2/h4-6H,1-3H3,(H,13,14);1-2H3. The zero-order valence-electron chi connectivity index (χ0n) is 11.0. The Morgan fingerprint density at radius 3 is 2.47 bits per heavy atom. The maximum Gasteiger partial charge on any atom is 0.255 e. The van der Waals surface area contributed by atoms with E-state index in [1.54, 1.807) is 14.0 Å². The van der Waals surface area contributed by atoms with Gasteiger partial charge in [-0.25, -0.2) is 0 Å². The lowest BCUT2D eigenvalue weighted by atomic mass is 10.1. The molecule has 3 nitrogen and oxygen atoms in total. The highest BCUT2D eigenvalue weighted by Crippen LogP contribution is 2.26. The molecule has 1 aromatic heterocycles. The highest BCUT2D eigenvalue weighted by molar-refractivity contribution is 6.07. The minimum Gasteiger partial charge on any atom is -0.461 e. The summed E-state index contributed by atoms with van der Waals surface area (Å²) in [6.07, 6.45) is 0. The van der Waals surface area contributed by atoms with Crippen LogP contribution in [0.5, 0.6) is 0 Å². The Kier molecular flexibility index (Phi) is 4.32. The Bertz CT molecular complexity index is 526. The summed E-state index contributed by atoms with van der Waals surface area (Å²) >= 11 is 0. The third kappa shape index (κ3) is 2.49. The number of amides is 1. The molecule has 1 N–H and O–H groups in total. The first-order chi connectivity index (χ1) is 8.13. The van der Waals surface area contributed by atoms with E-state index in [0.29, 0.717) is 11.3 Å². The van der Waals surface area contributed by atoms with E-state index in [2.05, 4.69) is 5.32 Å². The monoisotopic (exact) mass is 233 g/mol. The summed E-state index contributed by atoms with van der Waals surface area (Å²) in [5.41, 5.74) is 2.52. The predicted molar refractivity (Wildman–Crippen MR) is 70.4 cm³/mol. The first-order valence-corrected chi connectivity index (χ1v) is 5.85. The first-order valence-electron chi connectivity index (χ1n) is 5.85. The highest BCUT2D eigenvalue weighted by Gasteiger charge is 2.16. The molecule has 0 atom stereocenters. The fraction of sp³-hybridized carbons (Fsp3) is 0.357. The molecule has 2 rings (SSSR count). The van der Waals surface area contributed by atoms with Gasteiger partial charge in [0.25, 0.3) is 5.91 Å². The lowest BCUT2D eigenvalue weighted by Crippen LogP contribution is -2.18. The minimum absolute atomic E-state index is 0.100. The van der Waals surface area contributed by atoms with Crippen LogP contribution in [0.2, 0.25) is 0 Å². The van der Waals surface area contributed by atoms with Gasteiger partial charge in [0.05, 0.1) is 5.56 Å². The molecule has 0 unspecified atom stereocenters. The quantitative estimate of drug-likeness (QED) is 0.819. The van der Waals surface area contributed by atoms with Gasteiger partial charge in [0.2, 0.25) is 0 Å². The number of benzene rings is 1. The largest absolute Gasteiger partial charge is 0.461 e. The Hall–Kier alpha value is -1.77. The summed E-state index contributed by atoms with van der Waals surface area (Å²) in [7, 11) is 1.62. The molecule has 0 bridgehead atoms. The van der Waals surface area contributed by atoms with Gasteiger partial charge >= 0.3 is 0 Å². The summed E-state index contributed by atoms with van der Waals surface area (Å²) in [5.74, 6) is 0.562. The number of carbonyl (C=O) groups is 1. The molecule has 0 radical (unpaired) electrons. The fourth-order valence-corrected chi connectivity index (χ4v) is 1.74. The smallest absolute Gasteiger partial charge is 0.255 e. The molecule has 0 saturated heterocycles. The van der Waals surface area contributed by atoms with Crippen LogP contribution in [-0.4, -0.2) is 13.0 Å². The highest BCUT2D eigenvalue weighted by atomic mass is 16.3. The Balaban J connectivity index is 0.000000686. The van der Waals surface area contributed by atoms with Crippen LogP contribution >= 0.6 is 0 Å². The molecule has 17 heavy (non-hydrogen) atoms. The summed E-state index contributed by atoms with van der Waals surface area (Å²) in [6.45, 7) is 7.80. The van der Waals surface area contributed by atoms with Crippen LogP contribution in [0.15, 0.2) is 22.6 Å². The van der Waals surface area contributed by atoms with Crippen molar-refractivity contribution in [2.45, 2.75) is 27.7 Å². The predicted octanol–water partition coefficient (Wildman–Crippen LogP) is 3.44. The van der Waals surface area contributed by atoms with E-state index in [4.69, 9.17) is 4.42 Å². The van der Waals surface area contributed by atoms with Crippen molar-refractivity contribution in [3.05, 3.63) is 35.1 Å². The van der Waals surface area contributed by atoms with Crippen LogP contribution in [0.4, 0.5) is 0 Å². The van der Waals surface area contributed by atoms with E-state index >= 15 is 0 Å². The molecule has 1 aromatic carbocycles. The first kappa shape index (κ1) is 13.3. The normalized spacial score (nSPS) is 9.71. The number of rotatable bonds is 1. The van der Waals surface area contributed by atoms with Gasteiger partial charge in [-0.1, -0.05) is 25.5 Å². The molecule has 1 heterocycles. The number of nitrogens with one attached hydrogen (secondary N) is 1. The van der Waals surface area contributed by atoms with Crippen LogP contribution in [0.25, 0.3) is 11.0 Å². The van der Waals surface area contributed by atoms with Gasteiger partial charge in [0, 0.05) is 12.4 Å². The number of furan rings is 1. The lowest BCUT2D eigenvalue weighted by Gasteiger charge is -1.98. The second kappa shape index (κ2) is 5.53. The maximum absolute atomic E-state index is 11.6.